The first kappa shape index (κ1) is 8.61. The summed E-state index contributed by atoms with van der Waals surface area (Å²) in [4.78, 5) is 0. The highest BCUT2D eigenvalue weighted by atomic mass is 16.5. The molecule has 1 aromatic rings. The first-order valence-corrected chi connectivity index (χ1v) is 5.17. The van der Waals surface area contributed by atoms with E-state index in [0.29, 0.717) is 0 Å². The molecule has 1 heterocycles. The number of para-hydroxylation sites is 1. The fraction of sp³-hybridized carbons (Fsp3) is 0.500. The van der Waals surface area contributed by atoms with Crippen molar-refractivity contribution in [2.45, 2.75) is 32.1 Å². The third-order valence-corrected chi connectivity index (χ3v) is 2.57. The summed E-state index contributed by atoms with van der Waals surface area (Å²) in [5.41, 5.74) is 1.38. The number of hydrogen-bond acceptors (Lipinski definition) is 1. The number of benzene rings is 1. The number of rotatable bonds is 0. The van der Waals surface area contributed by atoms with Gasteiger partial charge in [-0.2, -0.15) is 0 Å². The molecule has 0 atom stereocenters. The Balaban J connectivity index is 2.17. The maximum Gasteiger partial charge on any atom is 0.122 e. The monoisotopic (exact) mass is 176 g/mol. The molecule has 0 saturated heterocycles. The molecule has 0 saturated carbocycles. The van der Waals surface area contributed by atoms with Crippen molar-refractivity contribution in [1.82, 2.24) is 0 Å². The summed E-state index contributed by atoms with van der Waals surface area (Å²) in [6.07, 6.45) is 6.34. The van der Waals surface area contributed by atoms with Gasteiger partial charge in [0.2, 0.25) is 0 Å². The molecule has 1 aliphatic rings. The number of ether oxygens (including phenoxy) is 1. The Bertz CT molecular complexity index is 241. The zero-order valence-corrected chi connectivity index (χ0v) is 7.96. The van der Waals surface area contributed by atoms with Crippen LogP contribution in [-0.2, 0) is 6.42 Å². The van der Waals surface area contributed by atoms with E-state index >= 15 is 0 Å². The zero-order valence-electron chi connectivity index (χ0n) is 7.96. The van der Waals surface area contributed by atoms with Gasteiger partial charge in [0.15, 0.2) is 0 Å². The van der Waals surface area contributed by atoms with Gasteiger partial charge < -0.3 is 4.74 Å². The van der Waals surface area contributed by atoms with Gasteiger partial charge in [-0.1, -0.05) is 31.0 Å². The molecule has 0 radical (unpaired) electrons. The molecule has 0 aliphatic carbocycles. The Hall–Kier alpha value is -0.980. The van der Waals surface area contributed by atoms with E-state index in [1.54, 1.807) is 0 Å². The van der Waals surface area contributed by atoms with Crippen molar-refractivity contribution in [3.63, 3.8) is 0 Å². The minimum absolute atomic E-state index is 0.886. The summed E-state index contributed by atoms with van der Waals surface area (Å²) in [6, 6.07) is 8.41. The first-order chi connectivity index (χ1) is 6.47. The van der Waals surface area contributed by atoms with Crippen LogP contribution in [0.15, 0.2) is 24.3 Å². The van der Waals surface area contributed by atoms with Crippen LogP contribution >= 0.6 is 0 Å². The molecule has 0 aromatic heterocycles. The van der Waals surface area contributed by atoms with Gasteiger partial charge in [0, 0.05) is 0 Å². The van der Waals surface area contributed by atoms with Crippen LogP contribution in [-0.4, -0.2) is 6.61 Å². The van der Waals surface area contributed by atoms with E-state index < -0.39 is 0 Å². The van der Waals surface area contributed by atoms with E-state index in [1.165, 1.54) is 37.7 Å². The topological polar surface area (TPSA) is 9.23 Å². The van der Waals surface area contributed by atoms with E-state index in [4.69, 9.17) is 4.74 Å². The van der Waals surface area contributed by atoms with E-state index in [1.807, 2.05) is 0 Å². The summed E-state index contributed by atoms with van der Waals surface area (Å²) in [5, 5.41) is 0. The van der Waals surface area contributed by atoms with Crippen LogP contribution in [0.1, 0.15) is 31.2 Å². The lowest BCUT2D eigenvalue weighted by Crippen LogP contribution is -1.97. The molecule has 1 nitrogen and oxygen atoms in total. The Morgan fingerprint density at radius 2 is 1.77 bits per heavy atom. The highest BCUT2D eigenvalue weighted by Crippen LogP contribution is 2.22. The molecule has 2 rings (SSSR count). The standard InChI is InChI=1S/C12H16O/c1-2-6-10-13-12-9-5-4-8-11(12)7-3-1/h4-5,8-9H,1-3,6-7,10H2. The first-order valence-electron chi connectivity index (χ1n) is 5.17. The molecular formula is C12H16O. The minimum Gasteiger partial charge on any atom is -0.493 e. The molecule has 0 unspecified atom stereocenters. The summed E-state index contributed by atoms with van der Waals surface area (Å²) in [7, 11) is 0. The molecule has 0 fully saturated rings. The van der Waals surface area contributed by atoms with Crippen molar-refractivity contribution in [2.24, 2.45) is 0 Å². The number of hydrogen-bond donors (Lipinski definition) is 0. The molecule has 0 spiro atoms. The van der Waals surface area contributed by atoms with Gasteiger partial charge in [-0.05, 0) is 30.9 Å². The molecule has 0 bridgehead atoms. The summed E-state index contributed by atoms with van der Waals surface area (Å²) >= 11 is 0. The highest BCUT2D eigenvalue weighted by Gasteiger charge is 2.04. The van der Waals surface area contributed by atoms with Gasteiger partial charge in [-0.3, -0.25) is 0 Å². The van der Waals surface area contributed by atoms with E-state index in [-0.39, 0.29) is 0 Å². The maximum atomic E-state index is 5.71. The average molecular weight is 176 g/mol. The van der Waals surface area contributed by atoms with Gasteiger partial charge in [-0.25, -0.2) is 0 Å². The van der Waals surface area contributed by atoms with Gasteiger partial charge in [0.1, 0.15) is 5.75 Å². The molecule has 1 heteroatoms. The molecule has 1 aliphatic heterocycles. The number of fused-ring (bicyclic) bond motifs is 1. The average Bonchev–Trinajstić information content (AvgIpc) is 2.28. The molecular weight excluding hydrogens is 160 g/mol. The number of aryl methyl sites for hydroxylation is 1. The van der Waals surface area contributed by atoms with Crippen LogP contribution in [0.4, 0.5) is 0 Å². The van der Waals surface area contributed by atoms with E-state index in [2.05, 4.69) is 24.3 Å². The van der Waals surface area contributed by atoms with Crippen molar-refractivity contribution in [1.29, 1.82) is 0 Å². The third-order valence-electron chi connectivity index (χ3n) is 2.57. The molecule has 0 N–H and O–H groups in total. The van der Waals surface area contributed by atoms with Crippen LogP contribution in [0.2, 0.25) is 0 Å². The largest absolute Gasteiger partial charge is 0.493 e. The summed E-state index contributed by atoms with van der Waals surface area (Å²) in [5.74, 6) is 1.10. The maximum absolute atomic E-state index is 5.71. The Morgan fingerprint density at radius 3 is 2.77 bits per heavy atom. The van der Waals surface area contributed by atoms with Crippen LogP contribution in [0.25, 0.3) is 0 Å². The van der Waals surface area contributed by atoms with Crippen molar-refractivity contribution in [3.05, 3.63) is 29.8 Å². The van der Waals surface area contributed by atoms with Crippen molar-refractivity contribution < 1.29 is 4.74 Å². The zero-order chi connectivity index (χ0) is 8.93. The second kappa shape index (κ2) is 4.31. The summed E-state index contributed by atoms with van der Waals surface area (Å²) < 4.78 is 5.71. The molecule has 0 amide bonds. The normalized spacial score (nSPS) is 17.5. The van der Waals surface area contributed by atoms with E-state index in [0.717, 1.165) is 12.4 Å². The molecule has 70 valence electrons. The lowest BCUT2D eigenvalue weighted by molar-refractivity contribution is 0.306. The fourth-order valence-electron chi connectivity index (χ4n) is 1.80. The third kappa shape index (κ3) is 2.24. The van der Waals surface area contributed by atoms with Crippen LogP contribution in [0.5, 0.6) is 5.75 Å². The van der Waals surface area contributed by atoms with E-state index in [9.17, 15) is 0 Å². The van der Waals surface area contributed by atoms with Gasteiger partial charge in [0.25, 0.3) is 0 Å². The van der Waals surface area contributed by atoms with Crippen molar-refractivity contribution in [3.8, 4) is 5.75 Å². The van der Waals surface area contributed by atoms with Gasteiger partial charge in [0.05, 0.1) is 6.61 Å². The smallest absolute Gasteiger partial charge is 0.122 e. The highest BCUT2D eigenvalue weighted by molar-refractivity contribution is 5.33. The predicted octanol–water partition coefficient (Wildman–Crippen LogP) is 3.18. The van der Waals surface area contributed by atoms with Gasteiger partial charge >= 0.3 is 0 Å². The molecule has 1 aromatic carbocycles. The van der Waals surface area contributed by atoms with Crippen LogP contribution in [0, 0.1) is 0 Å². The second-order valence-corrected chi connectivity index (χ2v) is 3.62. The fourth-order valence-corrected chi connectivity index (χ4v) is 1.80. The van der Waals surface area contributed by atoms with Crippen molar-refractivity contribution >= 4 is 0 Å². The van der Waals surface area contributed by atoms with Crippen molar-refractivity contribution in [2.75, 3.05) is 6.61 Å². The second-order valence-electron chi connectivity index (χ2n) is 3.62. The Labute approximate surface area is 79.7 Å². The quantitative estimate of drug-likeness (QED) is 0.590. The van der Waals surface area contributed by atoms with Crippen LogP contribution in [0.3, 0.4) is 0 Å². The minimum atomic E-state index is 0.886. The van der Waals surface area contributed by atoms with Gasteiger partial charge in [-0.15, -0.1) is 0 Å². The lowest BCUT2D eigenvalue weighted by atomic mass is 10.1. The Kier molecular flexibility index (Phi) is 2.86. The SMILES string of the molecule is c1ccc2c(c1)CCCCCCO2. The lowest BCUT2D eigenvalue weighted by Gasteiger charge is -2.08. The predicted molar refractivity (Wildman–Crippen MR) is 54.1 cm³/mol. The molecule has 13 heavy (non-hydrogen) atoms. The van der Waals surface area contributed by atoms with Crippen LogP contribution < -0.4 is 4.74 Å². The Morgan fingerprint density at radius 1 is 0.923 bits per heavy atom. The summed E-state index contributed by atoms with van der Waals surface area (Å²) in [6.45, 7) is 0.886.